The number of para-hydroxylation sites is 1. The van der Waals surface area contributed by atoms with Gasteiger partial charge in [-0.25, -0.2) is 0 Å². The van der Waals surface area contributed by atoms with Gasteiger partial charge in [-0.05, 0) is 18.6 Å². The molecule has 0 aliphatic heterocycles. The molecular weight excluding hydrogens is 294 g/mol. The van der Waals surface area contributed by atoms with Crippen LogP contribution in [0.25, 0.3) is 10.9 Å². The molecule has 0 aliphatic rings. The summed E-state index contributed by atoms with van der Waals surface area (Å²) < 4.78 is 0. The van der Waals surface area contributed by atoms with Gasteiger partial charge in [0, 0.05) is 28.4 Å². The van der Waals surface area contributed by atoms with Gasteiger partial charge < -0.3 is 0 Å². The molecule has 0 saturated heterocycles. The Morgan fingerprint density at radius 3 is 2.14 bits per heavy atom. The Morgan fingerprint density at radius 2 is 1.48 bits per heavy atom. The van der Waals surface area contributed by atoms with Crippen molar-refractivity contribution in [3.05, 3.63) is 69.9 Å². The monoisotopic (exact) mass is 314 g/mol. The van der Waals surface area contributed by atoms with Crippen LogP contribution in [-0.4, -0.2) is 4.98 Å². The van der Waals surface area contributed by atoms with Crippen LogP contribution in [0.15, 0.2) is 36.4 Å². The molecule has 0 radical (unpaired) electrons. The van der Waals surface area contributed by atoms with E-state index in [1.807, 2.05) is 6.07 Å². The Kier molecular flexibility index (Phi) is 4.62. The minimum Gasteiger partial charge on any atom is -0.254 e. The van der Waals surface area contributed by atoms with Crippen LogP contribution in [0, 0.1) is 27.7 Å². The molecule has 2 heteroatoms. The fourth-order valence-corrected chi connectivity index (χ4v) is 2.95. The van der Waals surface area contributed by atoms with Gasteiger partial charge >= 0.3 is 0 Å². The van der Waals surface area contributed by atoms with Crippen LogP contribution < -0.4 is 0 Å². The fraction of sp³-hybridized carbons (Fsp3) is 0.263. The van der Waals surface area contributed by atoms with Crippen molar-refractivity contribution in [3.8, 4) is 0 Å². The number of pyridine rings is 1. The van der Waals surface area contributed by atoms with E-state index >= 15 is 0 Å². The molecule has 0 spiro atoms. The fourth-order valence-electron chi connectivity index (χ4n) is 2.95. The van der Waals surface area contributed by atoms with Crippen molar-refractivity contribution in [1.29, 1.82) is 0 Å². The predicted molar refractivity (Wildman–Crippen MR) is 85.5 cm³/mol. The number of benzene rings is 1. The predicted octanol–water partition coefficient (Wildman–Crippen LogP) is 4.78. The molecule has 1 nitrogen and oxygen atoms in total. The molecule has 3 rings (SSSR count). The number of fused-ring (bicyclic) bond motifs is 1. The van der Waals surface area contributed by atoms with E-state index in [0.29, 0.717) is 0 Å². The molecule has 1 heterocycles. The van der Waals surface area contributed by atoms with Crippen molar-refractivity contribution in [1.82, 2.24) is 4.98 Å². The molecule has 0 fully saturated rings. The molecular formula is C19H20CrN-. The van der Waals surface area contributed by atoms with E-state index in [0.717, 1.165) is 17.6 Å². The van der Waals surface area contributed by atoms with Crippen LogP contribution in [0.2, 0.25) is 0 Å². The summed E-state index contributed by atoms with van der Waals surface area (Å²) in [6, 6.07) is 12.6. The van der Waals surface area contributed by atoms with Crippen molar-refractivity contribution < 1.29 is 17.4 Å². The van der Waals surface area contributed by atoms with Crippen molar-refractivity contribution in [3.63, 3.8) is 0 Å². The number of aromatic nitrogens is 1. The maximum atomic E-state index is 4.79. The van der Waals surface area contributed by atoms with Gasteiger partial charge in [0.15, 0.2) is 0 Å². The number of hydrogen-bond acceptors (Lipinski definition) is 1. The molecule has 2 aromatic carbocycles. The molecule has 0 atom stereocenters. The maximum Gasteiger partial charge on any atom is 0.0704 e. The van der Waals surface area contributed by atoms with Gasteiger partial charge in [-0.15, -0.1) is 5.56 Å². The van der Waals surface area contributed by atoms with E-state index in [4.69, 9.17) is 4.98 Å². The van der Waals surface area contributed by atoms with Crippen LogP contribution in [0.3, 0.4) is 0 Å². The summed E-state index contributed by atoms with van der Waals surface area (Å²) in [4.78, 5) is 4.79. The van der Waals surface area contributed by atoms with Gasteiger partial charge in [0.2, 0.25) is 0 Å². The third-order valence-electron chi connectivity index (χ3n) is 4.61. The summed E-state index contributed by atoms with van der Waals surface area (Å²) in [5, 5.41) is 1.21. The van der Waals surface area contributed by atoms with E-state index in [1.54, 1.807) is 0 Å². The largest absolute Gasteiger partial charge is 0.254 e. The summed E-state index contributed by atoms with van der Waals surface area (Å²) in [7, 11) is 0. The summed E-state index contributed by atoms with van der Waals surface area (Å²) >= 11 is 0. The Balaban J connectivity index is 0.00000161. The average molecular weight is 314 g/mol. The van der Waals surface area contributed by atoms with Gasteiger partial charge in [-0.3, -0.25) is 4.98 Å². The third kappa shape index (κ3) is 2.79. The van der Waals surface area contributed by atoms with Crippen molar-refractivity contribution in [2.45, 2.75) is 34.1 Å². The molecule has 3 aromatic rings. The quantitative estimate of drug-likeness (QED) is 0.621. The number of hydrogen-bond donors (Lipinski definition) is 0. The Hall–Kier alpha value is -1.49. The first-order chi connectivity index (χ1) is 9.58. The van der Waals surface area contributed by atoms with Crippen LogP contribution in [0.1, 0.15) is 33.5 Å². The molecule has 0 saturated carbocycles. The number of rotatable bonds is 2. The van der Waals surface area contributed by atoms with E-state index in [1.165, 1.54) is 33.2 Å². The molecule has 0 unspecified atom stereocenters. The Labute approximate surface area is 137 Å². The SMILES string of the molecule is Cc1c(C)c(C)[c-](Cc2ccc3ccccc3n2)c1C.[Cr]. The molecule has 0 aliphatic carbocycles. The first-order valence-corrected chi connectivity index (χ1v) is 7.14. The zero-order valence-electron chi connectivity index (χ0n) is 13.0. The molecule has 108 valence electrons. The smallest absolute Gasteiger partial charge is 0.0704 e. The van der Waals surface area contributed by atoms with Crippen LogP contribution in [-0.2, 0) is 23.8 Å². The summed E-state index contributed by atoms with van der Waals surface area (Å²) in [6.45, 7) is 8.89. The van der Waals surface area contributed by atoms with E-state index in [2.05, 4.69) is 58.0 Å². The third-order valence-corrected chi connectivity index (χ3v) is 4.61. The second-order valence-corrected chi connectivity index (χ2v) is 5.65. The molecule has 0 amide bonds. The van der Waals surface area contributed by atoms with Crippen LogP contribution in [0.4, 0.5) is 0 Å². The standard InChI is InChI=1S/C19H20N.Cr/c1-12-13(2)15(4)18(14(12)3)11-17-10-9-16-7-5-6-8-19(16)20-17;/h5-10H,11H2,1-4H3;/q-1;. The second-order valence-electron chi connectivity index (χ2n) is 5.65. The van der Waals surface area contributed by atoms with Crippen LogP contribution in [0.5, 0.6) is 0 Å². The van der Waals surface area contributed by atoms with Gasteiger partial charge in [0.1, 0.15) is 0 Å². The van der Waals surface area contributed by atoms with E-state index in [9.17, 15) is 0 Å². The van der Waals surface area contributed by atoms with Crippen LogP contribution >= 0.6 is 0 Å². The maximum absolute atomic E-state index is 4.79. The first kappa shape index (κ1) is 15.9. The normalized spacial score (nSPS) is 10.7. The van der Waals surface area contributed by atoms with Gasteiger partial charge in [0.25, 0.3) is 0 Å². The minimum absolute atomic E-state index is 0. The molecule has 0 N–H and O–H groups in total. The summed E-state index contributed by atoms with van der Waals surface area (Å²) in [5.41, 5.74) is 9.39. The molecule has 0 bridgehead atoms. The number of nitrogens with zero attached hydrogens (tertiary/aromatic N) is 1. The van der Waals surface area contributed by atoms with E-state index < -0.39 is 0 Å². The van der Waals surface area contributed by atoms with Crippen molar-refractivity contribution >= 4 is 10.9 Å². The second kappa shape index (κ2) is 6.10. The minimum atomic E-state index is 0. The first-order valence-electron chi connectivity index (χ1n) is 7.14. The van der Waals surface area contributed by atoms with Crippen molar-refractivity contribution in [2.24, 2.45) is 0 Å². The molecule has 21 heavy (non-hydrogen) atoms. The van der Waals surface area contributed by atoms with Gasteiger partial charge in [0.05, 0.1) is 5.52 Å². The Bertz CT molecular complexity index is 758. The van der Waals surface area contributed by atoms with Gasteiger partial charge in [-0.1, -0.05) is 52.0 Å². The average Bonchev–Trinajstić information content (AvgIpc) is 2.65. The molecule has 1 aromatic heterocycles. The zero-order valence-corrected chi connectivity index (χ0v) is 14.3. The van der Waals surface area contributed by atoms with E-state index in [-0.39, 0.29) is 17.4 Å². The van der Waals surface area contributed by atoms with Gasteiger partial charge in [-0.2, -0.15) is 22.3 Å². The zero-order chi connectivity index (χ0) is 14.3. The topological polar surface area (TPSA) is 12.9 Å². The Morgan fingerprint density at radius 1 is 0.857 bits per heavy atom. The summed E-state index contributed by atoms with van der Waals surface area (Å²) in [5.74, 6) is 0. The summed E-state index contributed by atoms with van der Waals surface area (Å²) in [6.07, 6.45) is 0.928. The van der Waals surface area contributed by atoms with Crippen molar-refractivity contribution in [2.75, 3.05) is 0 Å².